The van der Waals surface area contributed by atoms with Crippen molar-refractivity contribution in [2.45, 2.75) is 83.5 Å². The van der Waals surface area contributed by atoms with E-state index in [0.29, 0.717) is 38.5 Å². The zero-order valence-electron chi connectivity index (χ0n) is 14.9. The van der Waals surface area contributed by atoms with E-state index in [1.54, 1.807) is 7.11 Å². The summed E-state index contributed by atoms with van der Waals surface area (Å²) in [5.41, 5.74) is -2.25. The molecule has 4 fully saturated rings. The number of carbonyl (C=O) groups is 2. The molecule has 23 heavy (non-hydrogen) atoms. The van der Waals surface area contributed by atoms with E-state index in [0.717, 1.165) is 0 Å². The van der Waals surface area contributed by atoms with E-state index in [1.165, 1.54) is 0 Å². The van der Waals surface area contributed by atoms with Crippen molar-refractivity contribution in [1.82, 2.24) is 0 Å². The van der Waals surface area contributed by atoms with Crippen LogP contribution in [0.4, 0.5) is 0 Å². The molecule has 0 radical (unpaired) electrons. The summed E-state index contributed by atoms with van der Waals surface area (Å²) in [4.78, 5) is 25.2. The summed E-state index contributed by atoms with van der Waals surface area (Å²) in [7, 11) is 1.69. The van der Waals surface area contributed by atoms with E-state index < -0.39 is 22.0 Å². The minimum atomic E-state index is -0.651. The van der Waals surface area contributed by atoms with E-state index in [1.807, 2.05) is 27.7 Å². The normalized spacial score (nSPS) is 42.3. The maximum atomic E-state index is 12.7. The molecule has 0 aromatic rings. The lowest BCUT2D eigenvalue weighted by Gasteiger charge is -2.54. The molecule has 0 aromatic heterocycles. The van der Waals surface area contributed by atoms with Gasteiger partial charge in [0, 0.05) is 32.8 Å². The van der Waals surface area contributed by atoms with Gasteiger partial charge in [-0.25, -0.2) is 0 Å². The summed E-state index contributed by atoms with van der Waals surface area (Å²) in [5, 5.41) is 0. The molecule has 2 saturated carbocycles. The lowest BCUT2D eigenvalue weighted by Crippen LogP contribution is -2.60. The summed E-state index contributed by atoms with van der Waals surface area (Å²) in [5.74, 6) is -0.363. The van der Waals surface area contributed by atoms with Gasteiger partial charge in [0.2, 0.25) is 0 Å². The molecule has 2 aliphatic heterocycles. The fraction of sp³-hybridized carbons (Fsp3) is 0.889. The highest BCUT2D eigenvalue weighted by Gasteiger charge is 2.65. The zero-order valence-corrected chi connectivity index (χ0v) is 14.9. The average Bonchev–Trinajstić information content (AvgIpc) is 2.56. The van der Waals surface area contributed by atoms with Crippen LogP contribution in [0.15, 0.2) is 0 Å². The molecule has 5 heteroatoms. The Bertz CT molecular complexity index is 542. The molecular formula is C18H28O5. The van der Waals surface area contributed by atoms with Gasteiger partial charge in [0.25, 0.3) is 0 Å². The third kappa shape index (κ3) is 2.57. The van der Waals surface area contributed by atoms with Crippen LogP contribution in [0.25, 0.3) is 0 Å². The summed E-state index contributed by atoms with van der Waals surface area (Å²) in [6, 6.07) is 0. The highest BCUT2D eigenvalue weighted by Crippen LogP contribution is 2.59. The number of fused-ring (bicyclic) bond motifs is 1. The summed E-state index contributed by atoms with van der Waals surface area (Å²) in [6.07, 6.45) is 3.61. The second-order valence-corrected chi connectivity index (χ2v) is 8.72. The number of carbonyl (C=O) groups excluding carboxylic acids is 2. The van der Waals surface area contributed by atoms with Gasteiger partial charge in [0.15, 0.2) is 0 Å². The monoisotopic (exact) mass is 324 g/mol. The van der Waals surface area contributed by atoms with Gasteiger partial charge in [-0.05, 0) is 33.6 Å². The molecule has 5 nitrogen and oxygen atoms in total. The fourth-order valence-electron chi connectivity index (χ4n) is 4.73. The summed E-state index contributed by atoms with van der Waals surface area (Å²) < 4.78 is 17.6. The molecule has 4 atom stereocenters. The lowest BCUT2D eigenvalue weighted by atomic mass is 9.57. The first-order valence-electron chi connectivity index (χ1n) is 8.57. The molecule has 4 aliphatic rings. The van der Waals surface area contributed by atoms with E-state index >= 15 is 0 Å². The smallest absolute Gasteiger partial charge is 0.312 e. The molecule has 0 spiro atoms. The molecule has 4 unspecified atom stereocenters. The first kappa shape index (κ1) is 16.7. The van der Waals surface area contributed by atoms with Gasteiger partial charge < -0.3 is 14.2 Å². The Labute approximate surface area is 138 Å². The minimum Gasteiger partial charge on any atom is -0.462 e. The first-order valence-corrected chi connectivity index (χ1v) is 8.57. The molecule has 130 valence electrons. The molecular weight excluding hydrogens is 296 g/mol. The Kier molecular flexibility index (Phi) is 3.60. The van der Waals surface area contributed by atoms with Crippen LogP contribution in [0.1, 0.15) is 66.2 Å². The molecule has 0 N–H and O–H groups in total. The molecule has 0 amide bonds. The highest BCUT2D eigenvalue weighted by atomic mass is 16.6. The number of rotatable bonds is 4. The van der Waals surface area contributed by atoms with Crippen LogP contribution < -0.4 is 0 Å². The molecule has 4 bridgehead atoms. The SMILES string of the molecule is CCC(C)(C)C(=O)OC12CC3CC(OC)(C1)CC(C)(C2)C(=O)O3. The third-order valence-electron chi connectivity index (χ3n) is 6.21. The highest BCUT2D eigenvalue weighted by molar-refractivity contribution is 5.79. The minimum absolute atomic E-state index is 0.172. The van der Waals surface area contributed by atoms with Crippen LogP contribution >= 0.6 is 0 Å². The van der Waals surface area contributed by atoms with Crippen LogP contribution in [-0.2, 0) is 23.8 Å². The van der Waals surface area contributed by atoms with Crippen molar-refractivity contribution in [2.24, 2.45) is 10.8 Å². The third-order valence-corrected chi connectivity index (χ3v) is 6.21. The number of hydrogen-bond acceptors (Lipinski definition) is 5. The predicted molar refractivity (Wildman–Crippen MR) is 83.7 cm³/mol. The number of hydrogen-bond donors (Lipinski definition) is 0. The van der Waals surface area contributed by atoms with E-state index in [4.69, 9.17) is 14.2 Å². The summed E-state index contributed by atoms with van der Waals surface area (Å²) >= 11 is 0. The molecule has 2 aliphatic carbocycles. The van der Waals surface area contributed by atoms with Gasteiger partial charge in [-0.1, -0.05) is 6.92 Å². The van der Waals surface area contributed by atoms with Gasteiger partial charge in [0.05, 0.1) is 16.4 Å². The number of esters is 2. The van der Waals surface area contributed by atoms with Crippen molar-refractivity contribution in [2.75, 3.05) is 7.11 Å². The second-order valence-electron chi connectivity index (χ2n) is 8.72. The molecule has 4 rings (SSSR count). The van der Waals surface area contributed by atoms with Gasteiger partial charge >= 0.3 is 11.9 Å². The summed E-state index contributed by atoms with van der Waals surface area (Å²) in [6.45, 7) is 7.71. The molecule has 2 heterocycles. The lowest BCUT2D eigenvalue weighted by molar-refractivity contribution is -0.214. The molecule has 0 aromatic carbocycles. The molecule has 2 saturated heterocycles. The predicted octanol–water partition coefficient (Wildman–Crippen LogP) is 3.00. The second kappa shape index (κ2) is 4.95. The van der Waals surface area contributed by atoms with Crippen molar-refractivity contribution >= 4 is 11.9 Å². The van der Waals surface area contributed by atoms with Gasteiger partial charge in [0.1, 0.15) is 11.7 Å². The maximum Gasteiger partial charge on any atom is 0.312 e. The Morgan fingerprint density at radius 3 is 2.48 bits per heavy atom. The van der Waals surface area contributed by atoms with Crippen molar-refractivity contribution < 1.29 is 23.8 Å². The average molecular weight is 324 g/mol. The zero-order chi connectivity index (χ0) is 17.1. The maximum absolute atomic E-state index is 12.7. The van der Waals surface area contributed by atoms with Crippen molar-refractivity contribution in [1.29, 1.82) is 0 Å². The standard InChI is InChI=1S/C18H28O5/c1-6-15(2,3)13(19)23-18-8-12-7-17(11-18,21-5)9-16(4,10-18)14(20)22-12/h12H,6-11H2,1-5H3. The van der Waals surface area contributed by atoms with Gasteiger partial charge in [-0.15, -0.1) is 0 Å². The van der Waals surface area contributed by atoms with Crippen LogP contribution in [-0.4, -0.2) is 36.4 Å². The topological polar surface area (TPSA) is 61.8 Å². The number of ether oxygens (including phenoxy) is 3. The number of methoxy groups -OCH3 is 1. The van der Waals surface area contributed by atoms with Crippen molar-refractivity contribution in [3.05, 3.63) is 0 Å². The Morgan fingerprint density at radius 1 is 1.26 bits per heavy atom. The van der Waals surface area contributed by atoms with Crippen LogP contribution in [0.2, 0.25) is 0 Å². The first-order chi connectivity index (χ1) is 10.6. The van der Waals surface area contributed by atoms with Crippen LogP contribution in [0, 0.1) is 10.8 Å². The quantitative estimate of drug-likeness (QED) is 0.744. The van der Waals surface area contributed by atoms with E-state index in [9.17, 15) is 9.59 Å². The van der Waals surface area contributed by atoms with Gasteiger partial charge in [-0.2, -0.15) is 0 Å². The largest absolute Gasteiger partial charge is 0.462 e. The van der Waals surface area contributed by atoms with Crippen molar-refractivity contribution in [3.8, 4) is 0 Å². The van der Waals surface area contributed by atoms with E-state index in [2.05, 4.69) is 0 Å². The van der Waals surface area contributed by atoms with E-state index in [-0.39, 0.29) is 18.0 Å². The van der Waals surface area contributed by atoms with Crippen LogP contribution in [0.5, 0.6) is 0 Å². The van der Waals surface area contributed by atoms with Crippen LogP contribution in [0.3, 0.4) is 0 Å². The van der Waals surface area contributed by atoms with Gasteiger partial charge in [-0.3, -0.25) is 9.59 Å². The van der Waals surface area contributed by atoms with Crippen molar-refractivity contribution in [3.63, 3.8) is 0 Å². The Hall–Kier alpha value is -1.10. The Balaban J connectivity index is 1.96. The Morgan fingerprint density at radius 2 is 1.87 bits per heavy atom. The fourth-order valence-corrected chi connectivity index (χ4v) is 4.73.